The first-order valence-electron chi connectivity index (χ1n) is 10.5. The Morgan fingerprint density at radius 2 is 1.90 bits per heavy atom. The lowest BCUT2D eigenvalue weighted by atomic mass is 9.85. The third-order valence-corrected chi connectivity index (χ3v) is 6.15. The van der Waals surface area contributed by atoms with E-state index in [0.717, 1.165) is 49.3 Å². The summed E-state index contributed by atoms with van der Waals surface area (Å²) in [6.07, 6.45) is -0.426. The molecule has 30 heavy (non-hydrogen) atoms. The van der Waals surface area contributed by atoms with E-state index >= 15 is 0 Å². The van der Waals surface area contributed by atoms with Crippen molar-refractivity contribution in [1.29, 1.82) is 0 Å². The summed E-state index contributed by atoms with van der Waals surface area (Å²) < 4.78 is 47.2. The number of fused-ring (bicyclic) bond motifs is 1. The molecule has 0 amide bonds. The number of nitrogens with zero attached hydrogens (tertiary/aromatic N) is 4. The average Bonchev–Trinajstić information content (AvgIpc) is 3.20. The summed E-state index contributed by atoms with van der Waals surface area (Å²) in [5, 5.41) is 6.96. The van der Waals surface area contributed by atoms with Gasteiger partial charge in [-0.15, -0.1) is 0 Å². The zero-order chi connectivity index (χ0) is 21.1. The van der Waals surface area contributed by atoms with E-state index in [9.17, 15) is 13.2 Å². The zero-order valence-corrected chi connectivity index (χ0v) is 17.1. The van der Waals surface area contributed by atoms with Crippen molar-refractivity contribution in [3.63, 3.8) is 0 Å². The predicted octanol–water partition coefficient (Wildman–Crippen LogP) is 4.06. The minimum Gasteiger partial charge on any atom is -0.494 e. The standard InChI is InChI=1S/C21H28F3N5O/c1-15-3-5-17(6-4-15)30-12-2-9-28-10-7-16(8-11-28)18-13-19(21(22,23)24)29-20(27-18)25-14-26-29/h3-6,14,16,18-19H,2,7-13H2,1H3,(H,25,26,27)/t18-,19+/m0/s1. The number of hydrogen-bond acceptors (Lipinski definition) is 5. The van der Waals surface area contributed by atoms with E-state index in [1.54, 1.807) is 0 Å². The second kappa shape index (κ2) is 8.83. The number of benzene rings is 1. The Labute approximate surface area is 174 Å². The number of likely N-dealkylation sites (tertiary alicyclic amines) is 1. The lowest BCUT2D eigenvalue weighted by Crippen LogP contribution is -2.46. The van der Waals surface area contributed by atoms with E-state index in [0.29, 0.717) is 6.61 Å². The van der Waals surface area contributed by atoms with Gasteiger partial charge in [0.05, 0.1) is 6.61 Å². The van der Waals surface area contributed by atoms with Crippen LogP contribution in [0.3, 0.4) is 0 Å². The molecule has 1 aromatic carbocycles. The monoisotopic (exact) mass is 423 g/mol. The number of halogens is 3. The molecule has 1 aromatic heterocycles. The van der Waals surface area contributed by atoms with E-state index in [4.69, 9.17) is 4.74 Å². The number of alkyl halides is 3. The van der Waals surface area contributed by atoms with E-state index in [2.05, 4.69) is 20.3 Å². The normalized spacial score (nSPS) is 23.1. The van der Waals surface area contributed by atoms with Gasteiger partial charge in [-0.05, 0) is 63.7 Å². The van der Waals surface area contributed by atoms with E-state index < -0.39 is 12.2 Å². The second-order valence-electron chi connectivity index (χ2n) is 8.27. The highest BCUT2D eigenvalue weighted by Gasteiger charge is 2.47. The Balaban J connectivity index is 1.22. The molecule has 6 nitrogen and oxygen atoms in total. The maximum atomic E-state index is 13.5. The largest absolute Gasteiger partial charge is 0.494 e. The van der Waals surface area contributed by atoms with Crippen LogP contribution in [0.4, 0.5) is 19.1 Å². The average molecular weight is 423 g/mol. The van der Waals surface area contributed by atoms with Crippen molar-refractivity contribution in [2.24, 2.45) is 5.92 Å². The Kier molecular flexibility index (Phi) is 6.17. The predicted molar refractivity (Wildman–Crippen MR) is 108 cm³/mol. The van der Waals surface area contributed by atoms with Gasteiger partial charge < -0.3 is 15.0 Å². The maximum Gasteiger partial charge on any atom is 0.411 e. The summed E-state index contributed by atoms with van der Waals surface area (Å²) in [6.45, 7) is 5.45. The third kappa shape index (κ3) is 4.88. The van der Waals surface area contributed by atoms with Crippen LogP contribution >= 0.6 is 0 Å². The number of aromatic nitrogens is 3. The van der Waals surface area contributed by atoms with Crippen LogP contribution in [-0.2, 0) is 0 Å². The van der Waals surface area contributed by atoms with Crippen LogP contribution in [0.25, 0.3) is 0 Å². The Morgan fingerprint density at radius 3 is 2.60 bits per heavy atom. The molecule has 2 aromatic rings. The quantitative estimate of drug-likeness (QED) is 0.711. The lowest BCUT2D eigenvalue weighted by Gasteiger charge is -2.40. The summed E-state index contributed by atoms with van der Waals surface area (Å²) in [7, 11) is 0. The van der Waals surface area contributed by atoms with Crippen molar-refractivity contribution in [3.05, 3.63) is 36.2 Å². The number of ether oxygens (including phenoxy) is 1. The highest BCUT2D eigenvalue weighted by Crippen LogP contribution is 2.41. The second-order valence-corrected chi connectivity index (χ2v) is 8.27. The summed E-state index contributed by atoms with van der Waals surface area (Å²) in [5.74, 6) is 1.32. The molecule has 4 rings (SSSR count). The molecular weight excluding hydrogens is 395 g/mol. The molecule has 2 aliphatic rings. The maximum absolute atomic E-state index is 13.5. The van der Waals surface area contributed by atoms with Gasteiger partial charge in [-0.1, -0.05) is 17.7 Å². The molecule has 2 atom stereocenters. The molecule has 2 aliphatic heterocycles. The summed E-state index contributed by atoms with van der Waals surface area (Å²) in [5.41, 5.74) is 1.21. The Morgan fingerprint density at radius 1 is 1.17 bits per heavy atom. The van der Waals surface area contributed by atoms with Crippen molar-refractivity contribution in [1.82, 2.24) is 19.7 Å². The lowest BCUT2D eigenvalue weighted by molar-refractivity contribution is -0.174. The number of nitrogens with one attached hydrogen (secondary N) is 1. The smallest absolute Gasteiger partial charge is 0.411 e. The summed E-state index contributed by atoms with van der Waals surface area (Å²) in [4.78, 5) is 6.35. The number of aryl methyl sites for hydroxylation is 1. The van der Waals surface area contributed by atoms with Gasteiger partial charge in [0, 0.05) is 12.6 Å². The van der Waals surface area contributed by atoms with Crippen LogP contribution < -0.4 is 10.1 Å². The highest BCUT2D eigenvalue weighted by molar-refractivity contribution is 5.30. The first-order valence-corrected chi connectivity index (χ1v) is 10.5. The van der Waals surface area contributed by atoms with Gasteiger partial charge in [0.15, 0.2) is 6.04 Å². The minimum absolute atomic E-state index is 0.00885. The van der Waals surface area contributed by atoms with E-state index in [1.165, 1.54) is 11.9 Å². The molecule has 1 N–H and O–H groups in total. The molecule has 3 heterocycles. The SMILES string of the molecule is Cc1ccc(OCCCN2CCC([C@@H]3C[C@H](C(F)(F)F)n4ncnc4N3)CC2)cc1. The molecule has 0 bridgehead atoms. The van der Waals surface area contributed by atoms with Crippen molar-refractivity contribution >= 4 is 5.95 Å². The molecule has 0 unspecified atom stereocenters. The van der Waals surface area contributed by atoms with Gasteiger partial charge in [-0.2, -0.15) is 23.3 Å². The fraction of sp³-hybridized carbons (Fsp3) is 0.619. The van der Waals surface area contributed by atoms with Gasteiger partial charge in [-0.3, -0.25) is 0 Å². The Bertz CT molecular complexity index is 815. The minimum atomic E-state index is -4.32. The molecule has 0 aliphatic carbocycles. The molecule has 164 valence electrons. The van der Waals surface area contributed by atoms with Gasteiger partial charge in [-0.25, -0.2) is 4.68 Å². The van der Waals surface area contributed by atoms with E-state index in [1.807, 2.05) is 31.2 Å². The van der Waals surface area contributed by atoms with Crippen LogP contribution in [-0.4, -0.2) is 58.1 Å². The molecular formula is C21H28F3N5O. The topological polar surface area (TPSA) is 55.2 Å². The van der Waals surface area contributed by atoms with Gasteiger partial charge in [0.1, 0.15) is 12.1 Å². The first-order chi connectivity index (χ1) is 14.4. The van der Waals surface area contributed by atoms with Crippen LogP contribution in [0.15, 0.2) is 30.6 Å². The number of piperidine rings is 1. The van der Waals surface area contributed by atoms with Crippen molar-refractivity contribution in [3.8, 4) is 5.75 Å². The molecule has 1 saturated heterocycles. The van der Waals surface area contributed by atoms with Crippen molar-refractivity contribution < 1.29 is 17.9 Å². The van der Waals surface area contributed by atoms with Gasteiger partial charge >= 0.3 is 6.18 Å². The molecule has 0 spiro atoms. The number of rotatable bonds is 6. The fourth-order valence-corrected chi connectivity index (χ4v) is 4.42. The van der Waals surface area contributed by atoms with Crippen LogP contribution in [0.5, 0.6) is 5.75 Å². The van der Waals surface area contributed by atoms with Crippen LogP contribution in [0, 0.1) is 12.8 Å². The zero-order valence-electron chi connectivity index (χ0n) is 17.1. The number of anilines is 1. The van der Waals surface area contributed by atoms with Gasteiger partial charge in [0.25, 0.3) is 0 Å². The fourth-order valence-electron chi connectivity index (χ4n) is 4.42. The highest BCUT2D eigenvalue weighted by atomic mass is 19.4. The van der Waals surface area contributed by atoms with Crippen molar-refractivity contribution in [2.75, 3.05) is 31.6 Å². The Hall–Kier alpha value is -2.29. The van der Waals surface area contributed by atoms with Crippen LogP contribution in [0.2, 0.25) is 0 Å². The summed E-state index contributed by atoms with van der Waals surface area (Å²) in [6, 6.07) is 6.20. The van der Waals surface area contributed by atoms with Crippen molar-refractivity contribution in [2.45, 2.75) is 50.9 Å². The molecule has 0 radical (unpaired) electrons. The third-order valence-electron chi connectivity index (χ3n) is 6.15. The van der Waals surface area contributed by atoms with Gasteiger partial charge in [0.2, 0.25) is 5.95 Å². The number of hydrogen-bond donors (Lipinski definition) is 1. The molecule has 9 heteroatoms. The first kappa shape index (κ1) is 21.0. The van der Waals surface area contributed by atoms with Crippen LogP contribution in [0.1, 0.15) is 37.3 Å². The van der Waals surface area contributed by atoms with E-state index in [-0.39, 0.29) is 24.3 Å². The summed E-state index contributed by atoms with van der Waals surface area (Å²) >= 11 is 0. The molecule has 1 fully saturated rings. The molecule has 0 saturated carbocycles.